The van der Waals surface area contributed by atoms with Gasteiger partial charge in [-0.1, -0.05) is 29.2 Å². The minimum absolute atomic E-state index is 0.00883. The van der Waals surface area contributed by atoms with Crippen molar-refractivity contribution in [3.05, 3.63) is 68.2 Å². The van der Waals surface area contributed by atoms with Crippen LogP contribution in [0.5, 0.6) is 5.75 Å². The average molecular weight is 489 g/mol. The predicted octanol–water partition coefficient (Wildman–Crippen LogP) is 4.69. The summed E-state index contributed by atoms with van der Waals surface area (Å²) in [7, 11) is 1.57. The number of nitrogens with one attached hydrogen (secondary N) is 2. The number of H-pyrrole nitrogens is 1. The molecule has 0 saturated heterocycles. The first kappa shape index (κ1) is 22.2. The Hall–Kier alpha value is -3.02. The number of hydrogen-bond donors (Lipinski definition) is 2. The maximum atomic E-state index is 13.4. The lowest BCUT2D eigenvalue weighted by molar-refractivity contribution is -0.113. The van der Waals surface area contributed by atoms with Crippen molar-refractivity contribution < 1.29 is 13.9 Å². The normalized spacial score (nSPS) is 11.0. The van der Waals surface area contributed by atoms with E-state index in [2.05, 4.69) is 15.3 Å². The first-order chi connectivity index (χ1) is 15.4. The van der Waals surface area contributed by atoms with E-state index in [0.29, 0.717) is 31.3 Å². The molecule has 0 spiro atoms. The Bertz CT molecular complexity index is 1440. The first-order valence-corrected chi connectivity index (χ1v) is 11.6. The Morgan fingerprint density at radius 1 is 1.34 bits per heavy atom. The highest BCUT2D eigenvalue weighted by Crippen LogP contribution is 2.26. The van der Waals surface area contributed by atoms with Crippen LogP contribution in [0.1, 0.15) is 5.56 Å². The van der Waals surface area contributed by atoms with Gasteiger partial charge in [0.2, 0.25) is 5.91 Å². The second-order valence-corrected chi connectivity index (χ2v) is 9.34. The molecule has 4 aromatic rings. The van der Waals surface area contributed by atoms with Crippen LogP contribution in [-0.2, 0) is 4.79 Å². The summed E-state index contributed by atoms with van der Waals surface area (Å²) in [6.07, 6.45) is 0. The molecule has 1 amide bonds. The number of nitrogens with zero attached hydrogens (tertiary/aromatic N) is 2. The van der Waals surface area contributed by atoms with Gasteiger partial charge < -0.3 is 15.0 Å². The van der Waals surface area contributed by atoms with Crippen molar-refractivity contribution in [1.29, 1.82) is 0 Å². The van der Waals surface area contributed by atoms with Gasteiger partial charge in [0, 0.05) is 11.8 Å². The highest BCUT2D eigenvalue weighted by atomic mass is 32.2. The van der Waals surface area contributed by atoms with E-state index in [0.717, 1.165) is 28.8 Å². The number of ether oxygens (including phenoxy) is 1. The number of methoxy groups -OCH3 is 1. The summed E-state index contributed by atoms with van der Waals surface area (Å²) in [6.45, 7) is 1.62. The monoisotopic (exact) mass is 488 g/mol. The van der Waals surface area contributed by atoms with Gasteiger partial charge in [-0.05, 0) is 55.0 Å². The van der Waals surface area contributed by atoms with Crippen molar-refractivity contribution in [2.24, 2.45) is 0 Å². The number of carbonyl (C=O) groups is 1. The van der Waals surface area contributed by atoms with E-state index < -0.39 is 0 Å². The molecule has 7 nitrogen and oxygen atoms in total. The second kappa shape index (κ2) is 9.23. The van der Waals surface area contributed by atoms with E-state index in [-0.39, 0.29) is 28.2 Å². The van der Waals surface area contributed by atoms with E-state index in [1.165, 1.54) is 12.1 Å². The molecule has 2 aromatic carbocycles. The molecule has 164 valence electrons. The lowest BCUT2D eigenvalue weighted by Crippen LogP contribution is -2.15. The SMILES string of the molecule is COc1cccc(-n2c(=S)sc3c(=O)[nH]c(SCC(=O)Nc4ccc(F)c(C)c4)nc32)c1. The largest absolute Gasteiger partial charge is 0.497 e. The van der Waals surface area contributed by atoms with Gasteiger partial charge in [0.15, 0.2) is 14.8 Å². The van der Waals surface area contributed by atoms with Crippen LogP contribution in [0.4, 0.5) is 10.1 Å². The van der Waals surface area contributed by atoms with Gasteiger partial charge in [0.05, 0.1) is 18.6 Å². The Morgan fingerprint density at radius 2 is 2.16 bits per heavy atom. The third-order valence-electron chi connectivity index (χ3n) is 4.51. The van der Waals surface area contributed by atoms with E-state index >= 15 is 0 Å². The zero-order valence-electron chi connectivity index (χ0n) is 17.0. The van der Waals surface area contributed by atoms with Gasteiger partial charge in [-0.3, -0.25) is 14.2 Å². The van der Waals surface area contributed by atoms with Crippen LogP contribution in [0, 0.1) is 16.7 Å². The van der Waals surface area contributed by atoms with Gasteiger partial charge >= 0.3 is 0 Å². The van der Waals surface area contributed by atoms with Crippen molar-refractivity contribution in [2.75, 3.05) is 18.2 Å². The number of aryl methyl sites for hydroxylation is 1. The van der Waals surface area contributed by atoms with Crippen LogP contribution in [0.15, 0.2) is 52.4 Å². The minimum Gasteiger partial charge on any atom is -0.497 e. The summed E-state index contributed by atoms with van der Waals surface area (Å²) in [6, 6.07) is 11.6. The zero-order chi connectivity index (χ0) is 22.8. The van der Waals surface area contributed by atoms with Crippen LogP contribution in [-0.4, -0.2) is 33.3 Å². The average Bonchev–Trinajstić information content (AvgIpc) is 3.11. The quantitative estimate of drug-likeness (QED) is 0.233. The van der Waals surface area contributed by atoms with Gasteiger partial charge in [-0.2, -0.15) is 0 Å². The highest BCUT2D eigenvalue weighted by Gasteiger charge is 2.15. The number of thioether (sulfide) groups is 1. The number of aromatic nitrogens is 3. The molecule has 0 bridgehead atoms. The van der Waals surface area contributed by atoms with E-state index in [4.69, 9.17) is 17.0 Å². The smallest absolute Gasteiger partial charge is 0.271 e. The molecule has 11 heteroatoms. The maximum Gasteiger partial charge on any atom is 0.271 e. The lowest BCUT2D eigenvalue weighted by atomic mass is 10.2. The maximum absolute atomic E-state index is 13.4. The molecule has 0 unspecified atom stereocenters. The number of thiazole rings is 1. The number of rotatable bonds is 6. The van der Waals surface area contributed by atoms with E-state index in [1.807, 2.05) is 18.2 Å². The van der Waals surface area contributed by atoms with Gasteiger partial charge in [-0.15, -0.1) is 0 Å². The van der Waals surface area contributed by atoms with Crippen LogP contribution in [0.25, 0.3) is 16.0 Å². The van der Waals surface area contributed by atoms with Crippen molar-refractivity contribution >= 4 is 57.3 Å². The van der Waals surface area contributed by atoms with Gasteiger partial charge in [0.25, 0.3) is 5.56 Å². The van der Waals surface area contributed by atoms with Crippen molar-refractivity contribution in [3.8, 4) is 11.4 Å². The second-order valence-electron chi connectivity index (χ2n) is 6.73. The summed E-state index contributed by atoms with van der Waals surface area (Å²) in [5.41, 5.74) is 1.74. The fourth-order valence-electron chi connectivity index (χ4n) is 2.99. The lowest BCUT2D eigenvalue weighted by Gasteiger charge is -2.08. The van der Waals surface area contributed by atoms with Crippen LogP contribution in [0.3, 0.4) is 0 Å². The number of amides is 1. The molecule has 0 atom stereocenters. The predicted molar refractivity (Wildman–Crippen MR) is 127 cm³/mol. The number of carbonyl (C=O) groups excluding carboxylic acids is 1. The van der Waals surface area contributed by atoms with Crippen molar-refractivity contribution in [2.45, 2.75) is 12.1 Å². The molecule has 0 radical (unpaired) electrons. The molecular formula is C21H17FN4O3S3. The number of hydrogen-bond acceptors (Lipinski definition) is 7. The number of halogens is 1. The zero-order valence-corrected chi connectivity index (χ0v) is 19.4. The standard InChI is InChI=1S/C21H17FN4O3S3/c1-11-8-12(6-7-15(11)22)23-16(27)10-31-20-24-18-17(19(28)25-20)32-21(30)26(18)13-4-3-5-14(9-13)29-2/h3-9H,10H2,1-2H3,(H,23,27)(H,24,25,28). The van der Waals surface area contributed by atoms with Crippen LogP contribution < -0.4 is 15.6 Å². The van der Waals surface area contributed by atoms with Crippen molar-refractivity contribution in [1.82, 2.24) is 14.5 Å². The van der Waals surface area contributed by atoms with Gasteiger partial charge in [0.1, 0.15) is 16.3 Å². The molecule has 4 rings (SSSR count). The summed E-state index contributed by atoms with van der Waals surface area (Å²) in [5.74, 6) is 0.0118. The highest BCUT2D eigenvalue weighted by molar-refractivity contribution is 7.99. The molecule has 0 aliphatic rings. The van der Waals surface area contributed by atoms with E-state index in [9.17, 15) is 14.0 Å². The molecular weight excluding hydrogens is 471 g/mol. The Balaban J connectivity index is 1.59. The van der Waals surface area contributed by atoms with Crippen LogP contribution >= 0.6 is 35.3 Å². The number of anilines is 1. The van der Waals surface area contributed by atoms with E-state index in [1.54, 1.807) is 30.7 Å². The molecule has 0 saturated carbocycles. The Kier molecular flexibility index (Phi) is 6.40. The Morgan fingerprint density at radius 3 is 2.91 bits per heavy atom. The molecule has 2 aromatic heterocycles. The van der Waals surface area contributed by atoms with Gasteiger partial charge in [-0.25, -0.2) is 9.37 Å². The molecule has 0 aliphatic carbocycles. The molecule has 2 heterocycles. The number of aromatic amines is 1. The first-order valence-electron chi connectivity index (χ1n) is 9.35. The summed E-state index contributed by atoms with van der Waals surface area (Å²) in [5, 5.41) is 3.00. The number of benzene rings is 2. The fraction of sp³-hybridized carbons (Fsp3) is 0.143. The summed E-state index contributed by atoms with van der Waals surface area (Å²) in [4.78, 5) is 32.2. The number of fused-ring (bicyclic) bond motifs is 1. The summed E-state index contributed by atoms with van der Waals surface area (Å²) < 4.78 is 21.2. The molecule has 0 fully saturated rings. The third kappa shape index (κ3) is 4.59. The minimum atomic E-state index is -0.339. The molecule has 0 aliphatic heterocycles. The molecule has 32 heavy (non-hydrogen) atoms. The Labute approximate surface area is 195 Å². The topological polar surface area (TPSA) is 89.0 Å². The van der Waals surface area contributed by atoms with Crippen molar-refractivity contribution in [3.63, 3.8) is 0 Å². The van der Waals surface area contributed by atoms with Crippen LogP contribution in [0.2, 0.25) is 0 Å². The molecule has 2 N–H and O–H groups in total. The summed E-state index contributed by atoms with van der Waals surface area (Å²) >= 11 is 7.71. The fourth-order valence-corrected chi connectivity index (χ4v) is 4.92. The third-order valence-corrected chi connectivity index (χ3v) is 6.75.